The van der Waals surface area contributed by atoms with Gasteiger partial charge >= 0.3 is 0 Å². The number of rotatable bonds is 5. The number of carbonyl (C=O) groups excluding carboxylic acids is 1. The quantitative estimate of drug-likeness (QED) is 0.774. The molecular formula is C18H16N4O2. The van der Waals surface area contributed by atoms with Crippen LogP contribution in [0.5, 0.6) is 0 Å². The number of hydrogen-bond donors (Lipinski definition) is 1. The van der Waals surface area contributed by atoms with Crippen molar-refractivity contribution in [2.24, 2.45) is 0 Å². The number of benzene rings is 1. The highest BCUT2D eigenvalue weighted by atomic mass is 16.2. The molecule has 0 saturated carbocycles. The first-order chi connectivity index (χ1) is 11.7. The number of carbonyl (C=O) groups is 1. The highest BCUT2D eigenvalue weighted by Gasteiger charge is 2.10. The van der Waals surface area contributed by atoms with Crippen LogP contribution in [0.25, 0.3) is 5.69 Å². The second-order valence-electron chi connectivity index (χ2n) is 5.17. The minimum absolute atomic E-state index is 0.199. The maximum Gasteiger partial charge on any atom is 0.271 e. The lowest BCUT2D eigenvalue weighted by atomic mass is 10.2. The molecule has 24 heavy (non-hydrogen) atoms. The Kier molecular flexibility index (Phi) is 4.76. The summed E-state index contributed by atoms with van der Waals surface area (Å²) in [4.78, 5) is 28.2. The molecule has 6 heteroatoms. The molecule has 3 rings (SSSR count). The van der Waals surface area contributed by atoms with Gasteiger partial charge in [-0.2, -0.15) is 9.78 Å². The van der Waals surface area contributed by atoms with Gasteiger partial charge in [0.05, 0.1) is 5.69 Å². The SMILES string of the molecule is O=C(NCCc1cccnc1)c1ccc(=O)n(-c2ccccc2)n1. The minimum Gasteiger partial charge on any atom is -0.350 e. The second kappa shape index (κ2) is 7.32. The first kappa shape index (κ1) is 15.6. The number of nitrogens with zero attached hydrogens (tertiary/aromatic N) is 3. The van der Waals surface area contributed by atoms with Crippen molar-refractivity contribution < 1.29 is 4.79 Å². The van der Waals surface area contributed by atoms with Crippen LogP contribution in [0.3, 0.4) is 0 Å². The van der Waals surface area contributed by atoms with Gasteiger partial charge in [0.2, 0.25) is 0 Å². The van der Waals surface area contributed by atoms with Crippen LogP contribution in [0.1, 0.15) is 16.1 Å². The number of amides is 1. The van der Waals surface area contributed by atoms with Crippen LogP contribution in [-0.2, 0) is 6.42 Å². The second-order valence-corrected chi connectivity index (χ2v) is 5.17. The lowest BCUT2D eigenvalue weighted by Gasteiger charge is -2.08. The third kappa shape index (κ3) is 3.73. The third-order valence-corrected chi connectivity index (χ3v) is 3.46. The van der Waals surface area contributed by atoms with E-state index in [4.69, 9.17) is 0 Å². The highest BCUT2D eigenvalue weighted by Crippen LogP contribution is 2.03. The average molecular weight is 320 g/mol. The van der Waals surface area contributed by atoms with Crippen LogP contribution in [0.4, 0.5) is 0 Å². The molecule has 2 aromatic heterocycles. The summed E-state index contributed by atoms with van der Waals surface area (Å²) in [7, 11) is 0. The van der Waals surface area contributed by atoms with Crippen molar-refractivity contribution in [1.82, 2.24) is 20.1 Å². The van der Waals surface area contributed by atoms with Gasteiger partial charge in [-0.25, -0.2) is 0 Å². The molecule has 0 atom stereocenters. The fraction of sp³-hybridized carbons (Fsp3) is 0.111. The summed E-state index contributed by atoms with van der Waals surface area (Å²) >= 11 is 0. The fourth-order valence-electron chi connectivity index (χ4n) is 2.24. The molecule has 0 radical (unpaired) electrons. The number of para-hydroxylation sites is 1. The lowest BCUT2D eigenvalue weighted by molar-refractivity contribution is 0.0947. The van der Waals surface area contributed by atoms with Gasteiger partial charge in [-0.15, -0.1) is 0 Å². The predicted octanol–water partition coefficient (Wildman–Crippen LogP) is 1.60. The van der Waals surface area contributed by atoms with Crippen LogP contribution in [0, 0.1) is 0 Å². The number of nitrogens with one attached hydrogen (secondary N) is 1. The fourth-order valence-corrected chi connectivity index (χ4v) is 2.24. The molecule has 0 saturated heterocycles. The standard InChI is InChI=1S/C18H16N4O2/c23-17-9-8-16(21-22(17)15-6-2-1-3-7-15)18(24)20-12-10-14-5-4-11-19-13-14/h1-9,11,13H,10,12H2,(H,20,24). The van der Waals surface area contributed by atoms with Crippen LogP contribution >= 0.6 is 0 Å². The maximum absolute atomic E-state index is 12.2. The van der Waals surface area contributed by atoms with Crippen molar-refractivity contribution in [2.75, 3.05) is 6.54 Å². The molecule has 2 heterocycles. The monoisotopic (exact) mass is 320 g/mol. The van der Waals surface area contributed by atoms with Crippen molar-refractivity contribution in [2.45, 2.75) is 6.42 Å². The molecule has 0 spiro atoms. The molecule has 1 amide bonds. The van der Waals surface area contributed by atoms with Gasteiger partial charge < -0.3 is 5.32 Å². The minimum atomic E-state index is -0.316. The molecule has 3 aromatic rings. The van der Waals surface area contributed by atoms with Crippen molar-refractivity contribution in [3.8, 4) is 5.69 Å². The molecule has 0 aliphatic carbocycles. The summed E-state index contributed by atoms with van der Waals surface area (Å²) < 4.78 is 1.22. The van der Waals surface area contributed by atoms with E-state index in [0.717, 1.165) is 5.56 Å². The third-order valence-electron chi connectivity index (χ3n) is 3.46. The Labute approximate surface area is 138 Å². The number of pyridine rings is 1. The lowest BCUT2D eigenvalue weighted by Crippen LogP contribution is -2.30. The molecular weight excluding hydrogens is 304 g/mol. The Hall–Kier alpha value is -3.28. The van der Waals surface area contributed by atoms with E-state index < -0.39 is 0 Å². The normalized spacial score (nSPS) is 10.3. The molecule has 0 aliphatic rings. The number of hydrogen-bond acceptors (Lipinski definition) is 4. The Balaban J connectivity index is 1.70. The van der Waals surface area contributed by atoms with Gasteiger partial charge in [-0.05, 0) is 36.2 Å². The summed E-state index contributed by atoms with van der Waals surface area (Å²) in [6, 6.07) is 15.6. The zero-order valence-corrected chi connectivity index (χ0v) is 12.9. The Morgan fingerprint density at radius 2 is 1.88 bits per heavy atom. The maximum atomic E-state index is 12.2. The average Bonchev–Trinajstić information content (AvgIpc) is 2.63. The van der Waals surface area contributed by atoms with Crippen LogP contribution in [0.2, 0.25) is 0 Å². The van der Waals surface area contributed by atoms with Gasteiger partial charge in [-0.1, -0.05) is 24.3 Å². The van der Waals surface area contributed by atoms with Crippen LogP contribution < -0.4 is 10.9 Å². The van der Waals surface area contributed by atoms with Gasteiger partial charge in [-0.3, -0.25) is 14.6 Å². The number of aromatic nitrogens is 3. The predicted molar refractivity (Wildman–Crippen MR) is 90.1 cm³/mol. The molecule has 1 aromatic carbocycles. The summed E-state index contributed by atoms with van der Waals surface area (Å²) in [6.07, 6.45) is 4.15. The van der Waals surface area contributed by atoms with Crippen molar-refractivity contribution >= 4 is 5.91 Å². The van der Waals surface area contributed by atoms with E-state index in [1.165, 1.54) is 16.8 Å². The molecule has 0 aliphatic heterocycles. The van der Waals surface area contributed by atoms with Crippen molar-refractivity contribution in [3.63, 3.8) is 0 Å². The van der Waals surface area contributed by atoms with Gasteiger partial charge in [0.25, 0.3) is 11.5 Å². The van der Waals surface area contributed by atoms with Gasteiger partial charge in [0.15, 0.2) is 0 Å². The first-order valence-corrected chi connectivity index (χ1v) is 7.57. The van der Waals surface area contributed by atoms with E-state index in [9.17, 15) is 9.59 Å². The molecule has 0 bridgehead atoms. The summed E-state index contributed by atoms with van der Waals surface area (Å²) in [5.74, 6) is -0.316. The van der Waals surface area contributed by atoms with Gasteiger partial charge in [0, 0.05) is 25.0 Å². The van der Waals surface area contributed by atoms with Crippen molar-refractivity contribution in [3.05, 3.63) is 88.6 Å². The smallest absolute Gasteiger partial charge is 0.271 e. The molecule has 1 N–H and O–H groups in total. The summed E-state index contributed by atoms with van der Waals surface area (Å²) in [6.45, 7) is 0.469. The van der Waals surface area contributed by atoms with E-state index in [1.807, 2.05) is 30.3 Å². The summed E-state index contributed by atoms with van der Waals surface area (Å²) in [5, 5.41) is 6.95. The van der Waals surface area contributed by atoms with E-state index in [1.54, 1.807) is 24.5 Å². The first-order valence-electron chi connectivity index (χ1n) is 7.57. The van der Waals surface area contributed by atoms with E-state index in [-0.39, 0.29) is 17.2 Å². The van der Waals surface area contributed by atoms with E-state index >= 15 is 0 Å². The Morgan fingerprint density at radius 3 is 2.62 bits per heavy atom. The largest absolute Gasteiger partial charge is 0.350 e. The van der Waals surface area contributed by atoms with E-state index in [0.29, 0.717) is 18.7 Å². The van der Waals surface area contributed by atoms with Crippen molar-refractivity contribution in [1.29, 1.82) is 0 Å². The van der Waals surface area contributed by atoms with Crippen LogP contribution in [0.15, 0.2) is 71.8 Å². The highest BCUT2D eigenvalue weighted by molar-refractivity contribution is 5.92. The molecule has 0 unspecified atom stereocenters. The topological polar surface area (TPSA) is 76.9 Å². The zero-order valence-electron chi connectivity index (χ0n) is 12.9. The molecule has 0 fully saturated rings. The van der Waals surface area contributed by atoms with E-state index in [2.05, 4.69) is 15.4 Å². The Morgan fingerprint density at radius 1 is 1.04 bits per heavy atom. The molecule has 120 valence electrons. The zero-order chi connectivity index (χ0) is 16.8. The summed E-state index contributed by atoms with van der Waals surface area (Å²) in [5.41, 5.74) is 1.57. The van der Waals surface area contributed by atoms with Crippen LogP contribution in [-0.4, -0.2) is 27.2 Å². The molecule has 6 nitrogen and oxygen atoms in total. The van der Waals surface area contributed by atoms with Gasteiger partial charge in [0.1, 0.15) is 5.69 Å². The Bertz CT molecular complexity index is 876.